The maximum atomic E-state index is 13.5. The van der Waals surface area contributed by atoms with Crippen LogP contribution in [-0.4, -0.2) is 5.91 Å². The molecule has 0 bridgehead atoms. The molecular weight excluding hydrogens is 277 g/mol. The Hall–Kier alpha value is -1.87. The van der Waals surface area contributed by atoms with E-state index in [1.165, 1.54) is 6.07 Å². The molecule has 0 aliphatic heterocycles. The van der Waals surface area contributed by atoms with Crippen molar-refractivity contribution in [2.24, 2.45) is 0 Å². The summed E-state index contributed by atoms with van der Waals surface area (Å²) in [6.07, 6.45) is 0.0153. The van der Waals surface area contributed by atoms with Crippen molar-refractivity contribution in [3.63, 3.8) is 0 Å². The van der Waals surface area contributed by atoms with Crippen LogP contribution < -0.4 is 5.32 Å². The summed E-state index contributed by atoms with van der Waals surface area (Å²) >= 11 is 6.08. The predicted octanol–water partition coefficient (Wildman–Crippen LogP) is 3.90. The highest BCUT2D eigenvalue weighted by atomic mass is 35.5. The first-order valence-corrected chi connectivity index (χ1v) is 6.73. The maximum absolute atomic E-state index is 13.5. The Morgan fingerprint density at radius 3 is 2.55 bits per heavy atom. The summed E-state index contributed by atoms with van der Waals surface area (Å²) in [4.78, 5) is 11.9. The number of benzene rings is 2. The quantitative estimate of drug-likeness (QED) is 0.909. The highest BCUT2D eigenvalue weighted by molar-refractivity contribution is 6.31. The molecule has 0 aliphatic carbocycles. The first-order valence-electron chi connectivity index (χ1n) is 6.35. The van der Waals surface area contributed by atoms with Crippen molar-refractivity contribution in [2.45, 2.75) is 19.4 Å². The minimum absolute atomic E-state index is 0.0153. The molecule has 0 aromatic heterocycles. The third kappa shape index (κ3) is 3.58. The molecule has 0 unspecified atom stereocenters. The molecule has 1 atom stereocenters. The summed E-state index contributed by atoms with van der Waals surface area (Å²) in [5.41, 5.74) is 1.23. The van der Waals surface area contributed by atoms with Crippen molar-refractivity contribution in [3.05, 3.63) is 70.5 Å². The topological polar surface area (TPSA) is 29.1 Å². The lowest BCUT2D eigenvalue weighted by molar-refractivity contribution is -0.121. The number of carbonyl (C=O) groups is 1. The van der Waals surface area contributed by atoms with Gasteiger partial charge in [-0.2, -0.15) is 0 Å². The highest BCUT2D eigenvalue weighted by Gasteiger charge is 2.13. The Balaban J connectivity index is 2.02. The molecule has 4 heteroatoms. The van der Waals surface area contributed by atoms with E-state index in [-0.39, 0.29) is 24.2 Å². The molecule has 0 heterocycles. The number of hydrogen-bond acceptors (Lipinski definition) is 1. The first-order chi connectivity index (χ1) is 9.58. The summed E-state index contributed by atoms with van der Waals surface area (Å²) in [5.74, 6) is -0.601. The average Bonchev–Trinajstić information content (AvgIpc) is 2.41. The molecule has 20 heavy (non-hydrogen) atoms. The van der Waals surface area contributed by atoms with Crippen molar-refractivity contribution < 1.29 is 9.18 Å². The van der Waals surface area contributed by atoms with Crippen LogP contribution in [0.5, 0.6) is 0 Å². The maximum Gasteiger partial charge on any atom is 0.225 e. The van der Waals surface area contributed by atoms with E-state index in [0.29, 0.717) is 10.6 Å². The molecule has 2 nitrogen and oxygen atoms in total. The standard InChI is InChI=1S/C16H15ClFNO/c1-11(13-7-3-4-8-14(13)17)19-16(20)10-12-6-2-5-9-15(12)18/h2-9,11H,10H2,1H3,(H,19,20)/t11-/m1/s1. The zero-order valence-electron chi connectivity index (χ0n) is 11.1. The van der Waals surface area contributed by atoms with Crippen LogP contribution in [-0.2, 0) is 11.2 Å². The number of hydrogen-bond donors (Lipinski definition) is 1. The summed E-state index contributed by atoms with van der Waals surface area (Å²) in [5, 5.41) is 3.43. The van der Waals surface area contributed by atoms with Crippen LogP contribution in [0.1, 0.15) is 24.1 Å². The van der Waals surface area contributed by atoms with Crippen molar-refractivity contribution in [1.82, 2.24) is 5.32 Å². The van der Waals surface area contributed by atoms with E-state index in [9.17, 15) is 9.18 Å². The van der Waals surface area contributed by atoms with Gasteiger partial charge in [-0.05, 0) is 30.2 Å². The Kier molecular flexibility index (Phi) is 4.74. The second kappa shape index (κ2) is 6.53. The molecule has 2 rings (SSSR count). The van der Waals surface area contributed by atoms with E-state index in [1.54, 1.807) is 24.3 Å². The zero-order chi connectivity index (χ0) is 14.5. The molecule has 1 amide bonds. The number of halogens is 2. The Labute approximate surface area is 122 Å². The summed E-state index contributed by atoms with van der Waals surface area (Å²) in [7, 11) is 0. The second-order valence-corrected chi connectivity index (χ2v) is 4.99. The van der Waals surface area contributed by atoms with Gasteiger partial charge in [0, 0.05) is 5.02 Å². The molecule has 0 aliphatic rings. The monoisotopic (exact) mass is 291 g/mol. The first kappa shape index (κ1) is 14.5. The lowest BCUT2D eigenvalue weighted by atomic mass is 10.1. The van der Waals surface area contributed by atoms with Crippen LogP contribution >= 0.6 is 11.6 Å². The van der Waals surface area contributed by atoms with Crippen LogP contribution in [0.25, 0.3) is 0 Å². The molecular formula is C16H15ClFNO. The molecule has 0 spiro atoms. The van der Waals surface area contributed by atoms with Gasteiger partial charge in [-0.25, -0.2) is 4.39 Å². The van der Waals surface area contributed by atoms with E-state index in [0.717, 1.165) is 5.56 Å². The molecule has 0 saturated heterocycles. The van der Waals surface area contributed by atoms with E-state index in [1.807, 2.05) is 25.1 Å². The van der Waals surface area contributed by atoms with Crippen LogP contribution in [0.15, 0.2) is 48.5 Å². The predicted molar refractivity (Wildman–Crippen MR) is 78.1 cm³/mol. The Bertz CT molecular complexity index is 615. The second-order valence-electron chi connectivity index (χ2n) is 4.58. The van der Waals surface area contributed by atoms with Gasteiger partial charge in [0.1, 0.15) is 5.82 Å². The van der Waals surface area contributed by atoms with E-state index < -0.39 is 0 Å². The third-order valence-corrected chi connectivity index (χ3v) is 3.40. The third-order valence-electron chi connectivity index (χ3n) is 3.06. The van der Waals surface area contributed by atoms with E-state index >= 15 is 0 Å². The summed E-state index contributed by atoms with van der Waals surface area (Å²) in [6, 6.07) is 13.4. The largest absolute Gasteiger partial charge is 0.349 e. The van der Waals surface area contributed by atoms with E-state index in [2.05, 4.69) is 5.32 Å². The summed E-state index contributed by atoms with van der Waals surface area (Å²) in [6.45, 7) is 1.85. The molecule has 1 N–H and O–H groups in total. The van der Waals surface area contributed by atoms with Gasteiger partial charge in [0.25, 0.3) is 0 Å². The normalized spacial score (nSPS) is 11.9. The van der Waals surface area contributed by atoms with Crippen LogP contribution in [0.3, 0.4) is 0 Å². The fraction of sp³-hybridized carbons (Fsp3) is 0.188. The van der Waals surface area contributed by atoms with Crippen molar-refractivity contribution in [3.8, 4) is 0 Å². The fourth-order valence-electron chi connectivity index (χ4n) is 2.01. The van der Waals surface area contributed by atoms with E-state index in [4.69, 9.17) is 11.6 Å². The van der Waals surface area contributed by atoms with Gasteiger partial charge >= 0.3 is 0 Å². The average molecular weight is 292 g/mol. The van der Waals surface area contributed by atoms with Crippen molar-refractivity contribution in [2.75, 3.05) is 0 Å². The SMILES string of the molecule is C[C@@H](NC(=O)Cc1ccccc1F)c1ccccc1Cl. The number of rotatable bonds is 4. The smallest absolute Gasteiger partial charge is 0.225 e. The number of carbonyl (C=O) groups excluding carboxylic acids is 1. The lowest BCUT2D eigenvalue weighted by Gasteiger charge is -2.15. The minimum Gasteiger partial charge on any atom is -0.349 e. The van der Waals surface area contributed by atoms with Gasteiger partial charge in [-0.15, -0.1) is 0 Å². The van der Waals surface area contributed by atoms with Crippen molar-refractivity contribution >= 4 is 17.5 Å². The lowest BCUT2D eigenvalue weighted by Crippen LogP contribution is -2.28. The molecule has 2 aromatic carbocycles. The van der Waals surface area contributed by atoms with Gasteiger partial charge in [-0.3, -0.25) is 4.79 Å². The molecule has 104 valence electrons. The Morgan fingerprint density at radius 1 is 1.20 bits per heavy atom. The highest BCUT2D eigenvalue weighted by Crippen LogP contribution is 2.22. The van der Waals surface area contributed by atoms with Gasteiger partial charge in [0.05, 0.1) is 12.5 Å². The van der Waals surface area contributed by atoms with Gasteiger partial charge in [0.2, 0.25) is 5.91 Å². The molecule has 0 radical (unpaired) electrons. The summed E-state index contributed by atoms with van der Waals surface area (Å²) < 4.78 is 13.5. The van der Waals surface area contributed by atoms with Crippen LogP contribution in [0.4, 0.5) is 4.39 Å². The minimum atomic E-state index is -0.368. The Morgan fingerprint density at radius 2 is 1.85 bits per heavy atom. The molecule has 0 fully saturated rings. The zero-order valence-corrected chi connectivity index (χ0v) is 11.8. The molecule has 2 aromatic rings. The number of nitrogens with one attached hydrogen (secondary N) is 1. The van der Waals surface area contributed by atoms with Crippen molar-refractivity contribution in [1.29, 1.82) is 0 Å². The molecule has 0 saturated carbocycles. The van der Waals surface area contributed by atoms with Gasteiger partial charge in [0.15, 0.2) is 0 Å². The fourth-order valence-corrected chi connectivity index (χ4v) is 2.31. The van der Waals surface area contributed by atoms with Gasteiger partial charge < -0.3 is 5.32 Å². The van der Waals surface area contributed by atoms with Crippen LogP contribution in [0.2, 0.25) is 5.02 Å². The van der Waals surface area contributed by atoms with Gasteiger partial charge in [-0.1, -0.05) is 48.0 Å². The number of amides is 1. The van der Waals surface area contributed by atoms with Crippen LogP contribution in [0, 0.1) is 5.82 Å².